The third-order valence-electron chi connectivity index (χ3n) is 5.19. The first-order chi connectivity index (χ1) is 14.6. The molecule has 0 spiro atoms. The van der Waals surface area contributed by atoms with Gasteiger partial charge in [0, 0.05) is 17.3 Å². The molecule has 1 amide bonds. The molecule has 30 heavy (non-hydrogen) atoms. The number of carbonyl (C=O) groups excluding carboxylic acids is 1. The molecular formula is C26H26N2O2. The summed E-state index contributed by atoms with van der Waals surface area (Å²) in [5.74, 6) is 1.24. The van der Waals surface area contributed by atoms with E-state index in [1.54, 1.807) is 0 Å². The second-order valence-corrected chi connectivity index (χ2v) is 7.73. The molecule has 0 aliphatic rings. The lowest BCUT2D eigenvalue weighted by Gasteiger charge is -2.11. The van der Waals surface area contributed by atoms with Crippen LogP contribution >= 0.6 is 0 Å². The van der Waals surface area contributed by atoms with Crippen LogP contribution < -0.4 is 10.1 Å². The SMILES string of the molecule is CC(C)c1ccc(NC(=O)Cn2ccc3c(OCc4ccccc4)cccc32)cc1. The van der Waals surface area contributed by atoms with Crippen molar-refractivity contribution in [3.63, 3.8) is 0 Å². The van der Waals surface area contributed by atoms with Crippen LogP contribution in [0.25, 0.3) is 10.9 Å². The first-order valence-corrected chi connectivity index (χ1v) is 10.2. The Hall–Kier alpha value is -3.53. The van der Waals surface area contributed by atoms with Crippen molar-refractivity contribution in [1.29, 1.82) is 0 Å². The zero-order chi connectivity index (χ0) is 20.9. The van der Waals surface area contributed by atoms with Gasteiger partial charge in [-0.1, -0.05) is 62.4 Å². The first kappa shape index (κ1) is 19.8. The van der Waals surface area contributed by atoms with Crippen LogP contribution in [0.1, 0.15) is 30.9 Å². The maximum Gasteiger partial charge on any atom is 0.244 e. The molecule has 0 radical (unpaired) electrons. The van der Waals surface area contributed by atoms with E-state index in [1.807, 2.05) is 77.5 Å². The molecule has 1 heterocycles. The smallest absolute Gasteiger partial charge is 0.244 e. The second-order valence-electron chi connectivity index (χ2n) is 7.73. The third-order valence-corrected chi connectivity index (χ3v) is 5.19. The summed E-state index contributed by atoms with van der Waals surface area (Å²) in [6, 6.07) is 26.1. The van der Waals surface area contributed by atoms with Crippen LogP contribution in [-0.2, 0) is 17.9 Å². The average Bonchev–Trinajstić information content (AvgIpc) is 3.16. The Labute approximate surface area is 177 Å². The number of hydrogen-bond donors (Lipinski definition) is 1. The Morgan fingerprint density at radius 2 is 1.70 bits per heavy atom. The molecule has 0 bridgehead atoms. The van der Waals surface area contributed by atoms with Gasteiger partial charge in [0.2, 0.25) is 5.91 Å². The molecule has 0 saturated carbocycles. The van der Waals surface area contributed by atoms with E-state index >= 15 is 0 Å². The number of fused-ring (bicyclic) bond motifs is 1. The molecule has 152 valence electrons. The quantitative estimate of drug-likeness (QED) is 0.416. The van der Waals surface area contributed by atoms with Crippen LogP contribution in [0.2, 0.25) is 0 Å². The van der Waals surface area contributed by atoms with Gasteiger partial charge in [-0.2, -0.15) is 0 Å². The number of benzene rings is 3. The third kappa shape index (κ3) is 4.54. The lowest BCUT2D eigenvalue weighted by atomic mass is 10.0. The number of nitrogens with zero attached hydrogens (tertiary/aromatic N) is 1. The van der Waals surface area contributed by atoms with E-state index in [4.69, 9.17) is 4.74 Å². The number of ether oxygens (including phenoxy) is 1. The molecule has 1 aromatic heterocycles. The summed E-state index contributed by atoms with van der Waals surface area (Å²) in [6.45, 7) is 5.07. The van der Waals surface area contributed by atoms with Crippen molar-refractivity contribution >= 4 is 22.5 Å². The molecule has 4 rings (SSSR count). The molecule has 1 N–H and O–H groups in total. The Kier molecular flexibility index (Phi) is 5.84. The van der Waals surface area contributed by atoms with Crippen molar-refractivity contribution in [3.05, 3.63) is 96.2 Å². The maximum atomic E-state index is 12.6. The predicted octanol–water partition coefficient (Wildman–Crippen LogP) is 5.98. The Morgan fingerprint density at radius 3 is 2.43 bits per heavy atom. The van der Waals surface area contributed by atoms with E-state index in [9.17, 15) is 4.79 Å². The van der Waals surface area contributed by atoms with Crippen molar-refractivity contribution in [1.82, 2.24) is 4.57 Å². The molecule has 0 atom stereocenters. The first-order valence-electron chi connectivity index (χ1n) is 10.2. The van der Waals surface area contributed by atoms with Crippen molar-refractivity contribution in [2.45, 2.75) is 32.9 Å². The largest absolute Gasteiger partial charge is 0.488 e. The summed E-state index contributed by atoms with van der Waals surface area (Å²) in [6.07, 6.45) is 1.93. The summed E-state index contributed by atoms with van der Waals surface area (Å²) in [5, 5.41) is 3.98. The van der Waals surface area contributed by atoms with E-state index in [0.717, 1.165) is 27.9 Å². The number of rotatable bonds is 7. The van der Waals surface area contributed by atoms with Crippen LogP contribution in [0.4, 0.5) is 5.69 Å². The molecule has 4 aromatic rings. The van der Waals surface area contributed by atoms with Crippen LogP contribution in [0.15, 0.2) is 85.1 Å². The number of nitrogens with one attached hydrogen (secondary N) is 1. The number of amides is 1. The Bertz CT molecular complexity index is 1130. The summed E-state index contributed by atoms with van der Waals surface area (Å²) >= 11 is 0. The van der Waals surface area contributed by atoms with Gasteiger partial charge in [-0.3, -0.25) is 4.79 Å². The van der Waals surface area contributed by atoms with Gasteiger partial charge in [0.05, 0.1) is 5.52 Å². The van der Waals surface area contributed by atoms with Crippen LogP contribution in [0.5, 0.6) is 5.75 Å². The topological polar surface area (TPSA) is 43.3 Å². The lowest BCUT2D eigenvalue weighted by Crippen LogP contribution is -2.18. The van der Waals surface area contributed by atoms with E-state index in [-0.39, 0.29) is 12.5 Å². The monoisotopic (exact) mass is 398 g/mol. The second kappa shape index (κ2) is 8.87. The molecular weight excluding hydrogens is 372 g/mol. The summed E-state index contributed by atoms with van der Waals surface area (Å²) in [7, 11) is 0. The minimum absolute atomic E-state index is 0.0552. The van der Waals surface area contributed by atoms with Gasteiger partial charge in [-0.25, -0.2) is 0 Å². The van der Waals surface area contributed by atoms with Crippen molar-refractivity contribution in [2.75, 3.05) is 5.32 Å². The van der Waals surface area contributed by atoms with Gasteiger partial charge in [0.15, 0.2) is 0 Å². The van der Waals surface area contributed by atoms with E-state index in [2.05, 4.69) is 31.3 Å². The van der Waals surface area contributed by atoms with Crippen molar-refractivity contribution in [3.8, 4) is 5.75 Å². The van der Waals surface area contributed by atoms with Gasteiger partial charge in [-0.15, -0.1) is 0 Å². The molecule has 0 saturated heterocycles. The highest BCUT2D eigenvalue weighted by atomic mass is 16.5. The molecule has 0 unspecified atom stereocenters. The fraction of sp³-hybridized carbons (Fsp3) is 0.192. The van der Waals surface area contributed by atoms with Crippen molar-refractivity contribution in [2.24, 2.45) is 0 Å². The molecule has 3 aromatic carbocycles. The van der Waals surface area contributed by atoms with Crippen LogP contribution in [0.3, 0.4) is 0 Å². The molecule has 0 aliphatic carbocycles. The van der Waals surface area contributed by atoms with E-state index in [0.29, 0.717) is 12.5 Å². The predicted molar refractivity (Wildman–Crippen MR) is 122 cm³/mol. The lowest BCUT2D eigenvalue weighted by molar-refractivity contribution is -0.116. The van der Waals surface area contributed by atoms with Gasteiger partial charge >= 0.3 is 0 Å². The number of anilines is 1. The zero-order valence-electron chi connectivity index (χ0n) is 17.3. The van der Waals surface area contributed by atoms with Gasteiger partial charge < -0.3 is 14.6 Å². The van der Waals surface area contributed by atoms with Gasteiger partial charge in [0.1, 0.15) is 18.9 Å². The highest BCUT2D eigenvalue weighted by Gasteiger charge is 2.10. The Morgan fingerprint density at radius 1 is 0.933 bits per heavy atom. The molecule has 4 heteroatoms. The average molecular weight is 399 g/mol. The highest BCUT2D eigenvalue weighted by molar-refractivity contribution is 5.93. The fourth-order valence-corrected chi connectivity index (χ4v) is 3.50. The number of hydrogen-bond acceptors (Lipinski definition) is 2. The Balaban J connectivity index is 1.45. The maximum absolute atomic E-state index is 12.6. The molecule has 4 nitrogen and oxygen atoms in total. The summed E-state index contributed by atoms with van der Waals surface area (Å²) in [5.41, 5.74) is 4.17. The molecule has 0 fully saturated rings. The normalized spacial score (nSPS) is 11.0. The molecule has 0 aliphatic heterocycles. The number of aromatic nitrogens is 1. The van der Waals surface area contributed by atoms with Gasteiger partial charge in [0.25, 0.3) is 0 Å². The fourth-order valence-electron chi connectivity index (χ4n) is 3.50. The number of carbonyl (C=O) groups is 1. The van der Waals surface area contributed by atoms with Crippen LogP contribution in [0, 0.1) is 0 Å². The summed E-state index contributed by atoms with van der Waals surface area (Å²) in [4.78, 5) is 12.6. The van der Waals surface area contributed by atoms with Gasteiger partial charge in [-0.05, 0) is 47.4 Å². The van der Waals surface area contributed by atoms with Crippen LogP contribution in [-0.4, -0.2) is 10.5 Å². The minimum Gasteiger partial charge on any atom is -0.488 e. The van der Waals surface area contributed by atoms with E-state index < -0.39 is 0 Å². The highest BCUT2D eigenvalue weighted by Crippen LogP contribution is 2.27. The minimum atomic E-state index is -0.0552. The van der Waals surface area contributed by atoms with E-state index in [1.165, 1.54) is 5.56 Å². The zero-order valence-corrected chi connectivity index (χ0v) is 17.3. The summed E-state index contributed by atoms with van der Waals surface area (Å²) < 4.78 is 7.98. The van der Waals surface area contributed by atoms with Crippen molar-refractivity contribution < 1.29 is 9.53 Å². The standard InChI is InChI=1S/C26H26N2O2/c1-19(2)21-11-13-22(14-12-21)27-26(29)17-28-16-15-23-24(28)9-6-10-25(23)30-18-20-7-4-3-5-8-20/h3-16,19H,17-18H2,1-2H3,(H,27,29).